The highest BCUT2D eigenvalue weighted by atomic mass is 35.5. The molecule has 3 aromatic heterocycles. The number of rotatable bonds is 4. The largest absolute Gasteiger partial charge is 0.325 e. The summed E-state index contributed by atoms with van der Waals surface area (Å²) in [6.07, 6.45) is 0.706. The van der Waals surface area contributed by atoms with Crippen LogP contribution in [0.1, 0.15) is 35.1 Å². The van der Waals surface area contributed by atoms with Crippen molar-refractivity contribution >= 4 is 34.1 Å². The summed E-state index contributed by atoms with van der Waals surface area (Å²) in [7, 11) is 0. The van der Waals surface area contributed by atoms with Gasteiger partial charge in [0, 0.05) is 23.9 Å². The Morgan fingerprint density at radius 1 is 0.931 bits per heavy atom. The fraction of sp³-hybridized carbons (Fsp3) is 0.273. The quantitative estimate of drug-likeness (QED) is 0.459. The molecule has 0 saturated heterocycles. The second-order valence-corrected chi connectivity index (χ2v) is 7.72. The van der Waals surface area contributed by atoms with E-state index in [0.29, 0.717) is 23.2 Å². The highest BCUT2D eigenvalue weighted by molar-refractivity contribution is 6.29. The Morgan fingerprint density at radius 2 is 1.72 bits per heavy atom. The van der Waals surface area contributed by atoms with Gasteiger partial charge in [-0.3, -0.25) is 0 Å². The maximum Gasteiger partial charge on any atom is 0.156 e. The van der Waals surface area contributed by atoms with Gasteiger partial charge in [-0.1, -0.05) is 30.2 Å². The predicted octanol–water partition coefficient (Wildman–Crippen LogP) is 5.40. The van der Waals surface area contributed by atoms with Gasteiger partial charge in [0.2, 0.25) is 0 Å². The van der Waals surface area contributed by atoms with E-state index in [1.807, 2.05) is 24.6 Å². The van der Waals surface area contributed by atoms with E-state index in [9.17, 15) is 0 Å². The van der Waals surface area contributed by atoms with E-state index < -0.39 is 0 Å². The molecule has 7 heteroatoms. The Morgan fingerprint density at radius 3 is 2.48 bits per heavy atom. The smallest absolute Gasteiger partial charge is 0.156 e. The minimum atomic E-state index is 0.410. The fourth-order valence-corrected chi connectivity index (χ4v) is 3.72. The summed E-state index contributed by atoms with van der Waals surface area (Å²) in [6.45, 7) is 10.3. The van der Waals surface area contributed by atoms with Crippen LogP contribution in [0.15, 0.2) is 30.3 Å². The first-order chi connectivity index (χ1) is 13.8. The number of nitrogens with one attached hydrogen (secondary N) is 1. The zero-order valence-electron chi connectivity index (χ0n) is 17.2. The van der Waals surface area contributed by atoms with Gasteiger partial charge in [-0.15, -0.1) is 0 Å². The molecule has 0 fully saturated rings. The molecular formula is C22H23ClN6. The molecule has 0 amide bonds. The number of aryl methyl sites for hydroxylation is 5. The molecule has 0 spiro atoms. The Labute approximate surface area is 175 Å². The summed E-state index contributed by atoms with van der Waals surface area (Å²) in [5.74, 6) is 2.85. The molecule has 0 unspecified atom stereocenters. The van der Waals surface area contributed by atoms with Gasteiger partial charge in [-0.2, -0.15) is 9.78 Å². The highest BCUT2D eigenvalue weighted by Gasteiger charge is 2.14. The van der Waals surface area contributed by atoms with Crippen molar-refractivity contribution in [2.75, 3.05) is 5.32 Å². The van der Waals surface area contributed by atoms with Crippen molar-refractivity contribution in [3.05, 3.63) is 63.7 Å². The molecule has 0 aliphatic heterocycles. The molecule has 4 aromatic rings. The first-order valence-electron chi connectivity index (χ1n) is 9.60. The Bertz CT molecular complexity index is 1230. The molecule has 1 aromatic carbocycles. The van der Waals surface area contributed by atoms with Crippen molar-refractivity contribution in [2.24, 2.45) is 0 Å². The number of fused-ring (bicyclic) bond motifs is 1. The van der Waals surface area contributed by atoms with Crippen LogP contribution in [0.2, 0.25) is 5.15 Å². The third-order valence-corrected chi connectivity index (χ3v) is 5.00. The summed E-state index contributed by atoms with van der Waals surface area (Å²) in [5, 5.41) is 9.55. The molecule has 0 radical (unpaired) electrons. The van der Waals surface area contributed by atoms with Gasteiger partial charge in [-0.05, 0) is 51.0 Å². The maximum absolute atomic E-state index is 6.15. The number of aromatic nitrogens is 5. The molecule has 0 saturated carbocycles. The summed E-state index contributed by atoms with van der Waals surface area (Å²) < 4.78 is 1.81. The number of pyridine rings is 1. The van der Waals surface area contributed by atoms with E-state index in [-0.39, 0.29) is 0 Å². The highest BCUT2D eigenvalue weighted by Crippen LogP contribution is 2.27. The molecule has 3 heterocycles. The average molecular weight is 407 g/mol. The van der Waals surface area contributed by atoms with Crippen LogP contribution in [-0.2, 0) is 6.42 Å². The van der Waals surface area contributed by atoms with Crippen molar-refractivity contribution < 1.29 is 0 Å². The lowest BCUT2D eigenvalue weighted by molar-refractivity contribution is 0.841. The molecule has 0 aliphatic carbocycles. The third kappa shape index (κ3) is 3.80. The van der Waals surface area contributed by atoms with Crippen molar-refractivity contribution in [2.45, 2.75) is 41.0 Å². The van der Waals surface area contributed by atoms with E-state index in [1.54, 1.807) is 6.07 Å². The van der Waals surface area contributed by atoms with Crippen molar-refractivity contribution in [1.29, 1.82) is 0 Å². The summed E-state index contributed by atoms with van der Waals surface area (Å²) in [6, 6.07) is 10.1. The van der Waals surface area contributed by atoms with Crippen molar-refractivity contribution in [1.82, 2.24) is 24.7 Å². The number of hydrogen-bond donors (Lipinski definition) is 1. The van der Waals surface area contributed by atoms with Crippen molar-refractivity contribution in [3.8, 4) is 5.82 Å². The van der Waals surface area contributed by atoms with E-state index in [0.717, 1.165) is 34.0 Å². The first kappa shape index (κ1) is 19.3. The lowest BCUT2D eigenvalue weighted by atomic mass is 10.0. The van der Waals surface area contributed by atoms with Gasteiger partial charge in [0.05, 0.1) is 11.2 Å². The zero-order valence-corrected chi connectivity index (χ0v) is 18.0. The van der Waals surface area contributed by atoms with Gasteiger partial charge in [0.15, 0.2) is 5.82 Å². The van der Waals surface area contributed by atoms with Gasteiger partial charge >= 0.3 is 0 Å². The number of nitrogens with zero attached hydrogens (tertiary/aromatic N) is 5. The number of anilines is 2. The van der Waals surface area contributed by atoms with E-state index in [1.165, 1.54) is 10.9 Å². The molecule has 0 atom stereocenters. The molecule has 29 heavy (non-hydrogen) atoms. The minimum absolute atomic E-state index is 0.410. The van der Waals surface area contributed by atoms with Crippen LogP contribution in [0, 0.1) is 27.7 Å². The van der Waals surface area contributed by atoms with E-state index in [2.05, 4.69) is 59.4 Å². The number of benzene rings is 1. The second kappa shape index (κ2) is 7.44. The summed E-state index contributed by atoms with van der Waals surface area (Å²) in [4.78, 5) is 13.7. The molecule has 0 bridgehead atoms. The summed E-state index contributed by atoms with van der Waals surface area (Å²) >= 11 is 6.15. The van der Waals surface area contributed by atoms with Crippen molar-refractivity contribution in [3.63, 3.8) is 0 Å². The van der Waals surface area contributed by atoms with Crippen LogP contribution in [0.3, 0.4) is 0 Å². The van der Waals surface area contributed by atoms with Gasteiger partial charge in [-0.25, -0.2) is 15.0 Å². The molecule has 6 nitrogen and oxygen atoms in total. The van der Waals surface area contributed by atoms with Gasteiger partial charge < -0.3 is 5.32 Å². The topological polar surface area (TPSA) is 68.5 Å². The molecule has 1 N–H and O–H groups in total. The average Bonchev–Trinajstić information content (AvgIpc) is 3.02. The van der Waals surface area contributed by atoms with Crippen LogP contribution in [0.25, 0.3) is 16.7 Å². The second-order valence-electron chi connectivity index (χ2n) is 7.33. The van der Waals surface area contributed by atoms with Crippen LogP contribution in [-0.4, -0.2) is 24.7 Å². The van der Waals surface area contributed by atoms with Crippen LogP contribution < -0.4 is 5.32 Å². The third-order valence-electron chi connectivity index (χ3n) is 4.80. The maximum atomic E-state index is 6.15. The van der Waals surface area contributed by atoms with E-state index in [4.69, 9.17) is 16.6 Å². The normalized spacial score (nSPS) is 11.2. The summed E-state index contributed by atoms with van der Waals surface area (Å²) in [5.41, 5.74) is 5.41. The fourth-order valence-electron chi connectivity index (χ4n) is 3.52. The van der Waals surface area contributed by atoms with E-state index >= 15 is 0 Å². The van der Waals surface area contributed by atoms with Crippen LogP contribution in [0.5, 0.6) is 0 Å². The lowest BCUT2D eigenvalue weighted by Crippen LogP contribution is -2.07. The predicted molar refractivity (Wildman–Crippen MR) is 118 cm³/mol. The Hall–Kier alpha value is -2.99. The SMILES string of the molecule is CCc1nc(Cl)cc(Nc2cc(C)nn2-c2cc(C)c3cc(C)cc(C)c3n2)n1. The van der Waals surface area contributed by atoms with Crippen LogP contribution >= 0.6 is 11.6 Å². The number of hydrogen-bond acceptors (Lipinski definition) is 5. The standard InChI is InChI=1S/C22H23ClN6/c1-6-18-24-17(23)11-19(25-18)26-21-10-15(5)28-29(21)20-9-13(3)16-8-12(2)7-14(4)22(16)27-20/h7-11H,6H2,1-5H3,(H,24,25,26). The molecule has 0 aliphatic rings. The monoisotopic (exact) mass is 406 g/mol. The molecule has 148 valence electrons. The zero-order chi connectivity index (χ0) is 20.7. The lowest BCUT2D eigenvalue weighted by Gasteiger charge is -2.13. The Balaban J connectivity index is 1.82. The molecule has 4 rings (SSSR count). The van der Waals surface area contributed by atoms with Crippen LogP contribution in [0.4, 0.5) is 11.6 Å². The molecular weight excluding hydrogens is 384 g/mol. The Kier molecular flexibility index (Phi) is 4.96. The number of halogens is 1. The minimum Gasteiger partial charge on any atom is -0.325 e. The van der Waals surface area contributed by atoms with Gasteiger partial charge in [0.1, 0.15) is 22.6 Å². The first-order valence-corrected chi connectivity index (χ1v) is 9.98. The van der Waals surface area contributed by atoms with Gasteiger partial charge in [0.25, 0.3) is 0 Å².